The molecule has 0 amide bonds. The fraction of sp³-hybridized carbons (Fsp3) is 0.357. The van der Waals surface area contributed by atoms with Gasteiger partial charge in [0.2, 0.25) is 0 Å². The van der Waals surface area contributed by atoms with Crippen molar-refractivity contribution in [1.29, 1.82) is 0 Å². The quantitative estimate of drug-likeness (QED) is 0.937. The van der Waals surface area contributed by atoms with Crippen molar-refractivity contribution in [2.24, 2.45) is 12.8 Å². The van der Waals surface area contributed by atoms with Gasteiger partial charge in [0.15, 0.2) is 0 Å². The summed E-state index contributed by atoms with van der Waals surface area (Å²) in [4.78, 5) is 0. The monoisotopic (exact) mass is 283 g/mol. The first-order valence-electron chi connectivity index (χ1n) is 6.33. The van der Waals surface area contributed by atoms with Gasteiger partial charge in [-0.15, -0.1) is 0 Å². The highest BCUT2D eigenvalue weighted by Crippen LogP contribution is 2.36. The maximum absolute atomic E-state index is 13.0. The van der Waals surface area contributed by atoms with Crippen LogP contribution in [0.3, 0.4) is 0 Å². The highest BCUT2D eigenvalue weighted by atomic mass is 19.4. The van der Waals surface area contributed by atoms with E-state index >= 15 is 0 Å². The fourth-order valence-electron chi connectivity index (χ4n) is 2.14. The van der Waals surface area contributed by atoms with Crippen molar-refractivity contribution in [3.8, 4) is 11.3 Å². The van der Waals surface area contributed by atoms with Gasteiger partial charge in [-0.05, 0) is 31.5 Å². The number of hydrogen-bond donors (Lipinski definition) is 1. The van der Waals surface area contributed by atoms with Gasteiger partial charge in [0, 0.05) is 12.6 Å². The summed E-state index contributed by atoms with van der Waals surface area (Å²) in [7, 11) is 1.65. The molecule has 0 saturated carbocycles. The lowest BCUT2D eigenvalue weighted by molar-refractivity contribution is -0.137. The minimum atomic E-state index is -4.38. The molecule has 0 fully saturated rings. The van der Waals surface area contributed by atoms with Crippen LogP contribution >= 0.6 is 0 Å². The van der Waals surface area contributed by atoms with E-state index in [1.54, 1.807) is 19.2 Å². The smallest absolute Gasteiger partial charge is 0.330 e. The molecule has 0 bridgehead atoms. The van der Waals surface area contributed by atoms with Crippen LogP contribution in [0.15, 0.2) is 30.3 Å². The number of nitrogens with zero attached hydrogens (tertiary/aromatic N) is 2. The van der Waals surface area contributed by atoms with E-state index in [1.165, 1.54) is 16.8 Å². The summed E-state index contributed by atoms with van der Waals surface area (Å²) in [6.07, 6.45) is -2.95. The zero-order valence-corrected chi connectivity index (χ0v) is 11.1. The Morgan fingerprint density at radius 1 is 1.25 bits per heavy atom. The molecule has 0 spiro atoms. The Balaban J connectivity index is 2.44. The summed E-state index contributed by atoms with van der Waals surface area (Å²) in [5.41, 5.74) is 6.15. The number of nitrogens with two attached hydrogens (primary N) is 1. The molecule has 0 atom stereocenters. The number of rotatable bonds is 4. The van der Waals surface area contributed by atoms with Crippen molar-refractivity contribution in [2.75, 3.05) is 6.54 Å². The molecule has 0 aliphatic rings. The lowest BCUT2D eigenvalue weighted by Crippen LogP contribution is -2.08. The summed E-state index contributed by atoms with van der Waals surface area (Å²) in [6.45, 7) is 0.533. The van der Waals surface area contributed by atoms with E-state index in [0.717, 1.165) is 18.2 Å². The van der Waals surface area contributed by atoms with E-state index in [1.807, 2.05) is 0 Å². The highest BCUT2D eigenvalue weighted by Gasteiger charge is 2.34. The lowest BCUT2D eigenvalue weighted by Gasteiger charge is -2.12. The number of aromatic nitrogens is 2. The van der Waals surface area contributed by atoms with E-state index in [2.05, 4.69) is 5.10 Å². The van der Waals surface area contributed by atoms with Crippen molar-refractivity contribution < 1.29 is 13.2 Å². The van der Waals surface area contributed by atoms with Crippen molar-refractivity contribution in [3.63, 3.8) is 0 Å². The van der Waals surface area contributed by atoms with Crippen LogP contribution in [0.2, 0.25) is 0 Å². The Kier molecular flexibility index (Phi) is 4.13. The molecule has 1 aromatic carbocycles. The molecular weight excluding hydrogens is 267 g/mol. The van der Waals surface area contributed by atoms with Gasteiger partial charge in [0.1, 0.15) is 0 Å². The van der Waals surface area contributed by atoms with Crippen molar-refractivity contribution in [3.05, 3.63) is 41.6 Å². The van der Waals surface area contributed by atoms with E-state index < -0.39 is 11.7 Å². The molecule has 0 aliphatic carbocycles. The van der Waals surface area contributed by atoms with Crippen LogP contribution in [0.1, 0.15) is 17.7 Å². The van der Waals surface area contributed by atoms with Crippen LogP contribution in [0, 0.1) is 0 Å². The largest absolute Gasteiger partial charge is 0.417 e. The number of halogens is 3. The first kappa shape index (κ1) is 14.6. The predicted octanol–water partition coefficient (Wildman–Crippen LogP) is 3.00. The van der Waals surface area contributed by atoms with Crippen LogP contribution in [0.25, 0.3) is 11.3 Å². The third kappa shape index (κ3) is 3.01. The standard InChI is InChI=1S/C14H16F3N3/c1-20-13(9-10(19-20)5-4-8-18)11-6-2-3-7-12(11)14(15,16)17/h2-3,6-7,9H,4-5,8,18H2,1H3. The van der Waals surface area contributed by atoms with Crippen LogP contribution < -0.4 is 5.73 Å². The van der Waals surface area contributed by atoms with Gasteiger partial charge in [-0.3, -0.25) is 4.68 Å². The van der Waals surface area contributed by atoms with Gasteiger partial charge >= 0.3 is 6.18 Å². The average molecular weight is 283 g/mol. The summed E-state index contributed by atoms with van der Waals surface area (Å²) < 4.78 is 40.6. The maximum Gasteiger partial charge on any atom is 0.417 e. The van der Waals surface area contributed by atoms with Gasteiger partial charge in [-0.25, -0.2) is 0 Å². The minimum absolute atomic E-state index is 0.147. The molecule has 20 heavy (non-hydrogen) atoms. The van der Waals surface area contributed by atoms with E-state index in [4.69, 9.17) is 5.73 Å². The van der Waals surface area contributed by atoms with Gasteiger partial charge in [0.25, 0.3) is 0 Å². The Morgan fingerprint density at radius 2 is 1.95 bits per heavy atom. The third-order valence-corrected chi connectivity index (χ3v) is 3.08. The molecule has 2 N–H and O–H groups in total. The van der Waals surface area contributed by atoms with Crippen molar-refractivity contribution >= 4 is 0 Å². The first-order valence-corrected chi connectivity index (χ1v) is 6.33. The van der Waals surface area contributed by atoms with Crippen LogP contribution in [0.5, 0.6) is 0 Å². The zero-order chi connectivity index (χ0) is 14.8. The zero-order valence-electron chi connectivity index (χ0n) is 11.1. The Morgan fingerprint density at radius 3 is 2.60 bits per heavy atom. The molecule has 3 nitrogen and oxygen atoms in total. The second kappa shape index (κ2) is 5.66. The van der Waals surface area contributed by atoms with E-state index in [9.17, 15) is 13.2 Å². The van der Waals surface area contributed by atoms with Crippen molar-refractivity contribution in [2.45, 2.75) is 19.0 Å². The topological polar surface area (TPSA) is 43.8 Å². The van der Waals surface area contributed by atoms with E-state index in [0.29, 0.717) is 18.7 Å². The molecule has 0 saturated heterocycles. The Labute approximate surface area is 115 Å². The average Bonchev–Trinajstić information content (AvgIpc) is 2.76. The third-order valence-electron chi connectivity index (χ3n) is 3.08. The van der Waals surface area contributed by atoms with Crippen LogP contribution in [-0.2, 0) is 19.6 Å². The predicted molar refractivity (Wildman–Crippen MR) is 71.0 cm³/mol. The Bertz CT molecular complexity index is 588. The fourth-order valence-corrected chi connectivity index (χ4v) is 2.14. The highest BCUT2D eigenvalue weighted by molar-refractivity contribution is 5.65. The summed E-state index contributed by atoms with van der Waals surface area (Å²) in [5.74, 6) is 0. The second-order valence-corrected chi connectivity index (χ2v) is 4.58. The number of alkyl halides is 3. The maximum atomic E-state index is 13.0. The van der Waals surface area contributed by atoms with Gasteiger partial charge < -0.3 is 5.73 Å². The normalized spacial score (nSPS) is 11.8. The van der Waals surface area contributed by atoms with Gasteiger partial charge in [-0.1, -0.05) is 18.2 Å². The molecular formula is C14H16F3N3. The molecule has 0 unspecified atom stereocenters. The van der Waals surface area contributed by atoms with Crippen molar-refractivity contribution in [1.82, 2.24) is 9.78 Å². The molecule has 2 rings (SSSR count). The molecule has 1 aromatic heterocycles. The van der Waals surface area contributed by atoms with Gasteiger partial charge in [0.05, 0.1) is 17.0 Å². The van der Waals surface area contributed by atoms with Gasteiger partial charge in [-0.2, -0.15) is 18.3 Å². The number of hydrogen-bond acceptors (Lipinski definition) is 2. The minimum Gasteiger partial charge on any atom is -0.330 e. The molecule has 0 radical (unpaired) electrons. The summed E-state index contributed by atoms with van der Waals surface area (Å²) in [5, 5.41) is 4.24. The molecule has 2 aromatic rings. The van der Waals surface area contributed by atoms with Crippen LogP contribution in [-0.4, -0.2) is 16.3 Å². The summed E-state index contributed by atoms with van der Waals surface area (Å²) >= 11 is 0. The number of benzene rings is 1. The first-order chi connectivity index (χ1) is 9.43. The SMILES string of the molecule is Cn1nc(CCCN)cc1-c1ccccc1C(F)(F)F. The van der Waals surface area contributed by atoms with Crippen LogP contribution in [0.4, 0.5) is 13.2 Å². The molecule has 0 aliphatic heterocycles. The number of aryl methyl sites for hydroxylation is 2. The Hall–Kier alpha value is -1.82. The van der Waals surface area contributed by atoms with E-state index in [-0.39, 0.29) is 5.56 Å². The lowest BCUT2D eigenvalue weighted by atomic mass is 10.0. The molecule has 108 valence electrons. The summed E-state index contributed by atoms with van der Waals surface area (Å²) in [6, 6.07) is 7.23. The second-order valence-electron chi connectivity index (χ2n) is 4.58. The molecule has 6 heteroatoms. The molecule has 1 heterocycles.